The molecule has 1 aromatic heterocycles. The van der Waals surface area contributed by atoms with E-state index < -0.39 is 0 Å². The second-order valence-electron chi connectivity index (χ2n) is 5.18. The Balaban J connectivity index is 2.07. The smallest absolute Gasteiger partial charge is 0.146 e. The van der Waals surface area contributed by atoms with E-state index in [1.165, 1.54) is 25.6 Å². The zero-order valence-electron chi connectivity index (χ0n) is 10.3. The fraction of sp³-hybridized carbons (Fsp3) is 0.667. The lowest BCUT2D eigenvalue weighted by atomic mass is 9.80. The van der Waals surface area contributed by atoms with E-state index in [1.807, 2.05) is 0 Å². The van der Waals surface area contributed by atoms with E-state index in [0.29, 0.717) is 11.9 Å². The Morgan fingerprint density at radius 1 is 1.24 bits per heavy atom. The summed E-state index contributed by atoms with van der Waals surface area (Å²) in [6, 6.07) is 0.486. The van der Waals surface area contributed by atoms with Gasteiger partial charge in [0.25, 0.3) is 0 Å². The largest absolute Gasteiger partial charge is 0.383 e. The van der Waals surface area contributed by atoms with Gasteiger partial charge in [-0.15, -0.1) is 0 Å². The van der Waals surface area contributed by atoms with Crippen molar-refractivity contribution in [2.45, 2.75) is 39.2 Å². The van der Waals surface area contributed by atoms with Gasteiger partial charge in [-0.2, -0.15) is 0 Å². The molecule has 0 aliphatic heterocycles. The molecule has 94 valence electrons. The quantitative estimate of drug-likeness (QED) is 0.881. The molecule has 4 nitrogen and oxygen atoms in total. The number of nitrogens with zero attached hydrogens (tertiary/aromatic N) is 2. The summed E-state index contributed by atoms with van der Waals surface area (Å²) < 4.78 is 0.769. The van der Waals surface area contributed by atoms with Crippen LogP contribution in [0.5, 0.6) is 0 Å². The molecule has 17 heavy (non-hydrogen) atoms. The van der Waals surface area contributed by atoms with Gasteiger partial charge >= 0.3 is 0 Å². The lowest BCUT2D eigenvalue weighted by Gasteiger charge is -2.32. The fourth-order valence-corrected chi connectivity index (χ4v) is 3.06. The monoisotopic (exact) mass is 298 g/mol. The van der Waals surface area contributed by atoms with Gasteiger partial charge in [-0.25, -0.2) is 9.97 Å². The van der Waals surface area contributed by atoms with Crippen LogP contribution < -0.4 is 11.1 Å². The molecule has 3 N–H and O–H groups in total. The molecule has 2 atom stereocenters. The minimum Gasteiger partial charge on any atom is -0.383 e. The molecule has 1 aliphatic carbocycles. The third-order valence-electron chi connectivity index (χ3n) is 3.34. The van der Waals surface area contributed by atoms with Crippen molar-refractivity contribution in [2.24, 2.45) is 11.8 Å². The highest BCUT2D eigenvalue weighted by Gasteiger charge is 2.24. The maximum absolute atomic E-state index is 5.74. The van der Waals surface area contributed by atoms with E-state index in [9.17, 15) is 0 Å². The number of nitrogens with one attached hydrogen (secondary N) is 1. The van der Waals surface area contributed by atoms with Gasteiger partial charge in [-0.1, -0.05) is 13.8 Å². The molecule has 0 radical (unpaired) electrons. The number of aromatic nitrogens is 2. The first-order chi connectivity index (χ1) is 8.06. The number of nitrogen functional groups attached to an aromatic ring is 1. The summed E-state index contributed by atoms with van der Waals surface area (Å²) in [4.78, 5) is 8.18. The van der Waals surface area contributed by atoms with Gasteiger partial charge < -0.3 is 11.1 Å². The first kappa shape index (κ1) is 12.6. The Bertz CT molecular complexity index is 386. The number of halogens is 1. The standard InChI is InChI=1S/C12H19BrN4/c1-7-3-8(2)5-9(4-7)17-12-10(13)11(14)15-6-16-12/h6-9H,3-5H2,1-2H3,(H3,14,15,16,17). The van der Waals surface area contributed by atoms with E-state index >= 15 is 0 Å². The minimum absolute atomic E-state index is 0.486. The molecular formula is C12H19BrN4. The van der Waals surface area contributed by atoms with Crippen molar-refractivity contribution < 1.29 is 0 Å². The summed E-state index contributed by atoms with van der Waals surface area (Å²) in [5.41, 5.74) is 5.74. The van der Waals surface area contributed by atoms with Gasteiger partial charge in [0.15, 0.2) is 0 Å². The number of nitrogens with two attached hydrogens (primary N) is 1. The summed E-state index contributed by atoms with van der Waals surface area (Å²) >= 11 is 3.42. The summed E-state index contributed by atoms with van der Waals surface area (Å²) in [6.07, 6.45) is 5.21. The van der Waals surface area contributed by atoms with Crippen LogP contribution >= 0.6 is 15.9 Å². The summed E-state index contributed by atoms with van der Waals surface area (Å²) in [7, 11) is 0. The van der Waals surface area contributed by atoms with Gasteiger partial charge in [0, 0.05) is 6.04 Å². The van der Waals surface area contributed by atoms with E-state index in [0.717, 1.165) is 22.1 Å². The zero-order valence-corrected chi connectivity index (χ0v) is 11.9. The van der Waals surface area contributed by atoms with E-state index in [1.54, 1.807) is 0 Å². The Kier molecular flexibility index (Phi) is 3.86. The Morgan fingerprint density at radius 3 is 2.53 bits per heavy atom. The fourth-order valence-electron chi connectivity index (χ4n) is 2.74. The zero-order chi connectivity index (χ0) is 12.4. The van der Waals surface area contributed by atoms with Crippen LogP contribution in [0.3, 0.4) is 0 Å². The van der Waals surface area contributed by atoms with Crippen molar-refractivity contribution in [3.05, 3.63) is 10.8 Å². The van der Waals surface area contributed by atoms with Crippen molar-refractivity contribution in [1.29, 1.82) is 0 Å². The molecule has 1 heterocycles. The van der Waals surface area contributed by atoms with Crippen LogP contribution in [-0.2, 0) is 0 Å². The van der Waals surface area contributed by atoms with Gasteiger partial charge in [0.1, 0.15) is 22.4 Å². The van der Waals surface area contributed by atoms with E-state index in [-0.39, 0.29) is 0 Å². The molecule has 2 rings (SSSR count). The molecule has 0 saturated heterocycles. The van der Waals surface area contributed by atoms with E-state index in [2.05, 4.69) is 45.1 Å². The molecule has 1 saturated carbocycles. The van der Waals surface area contributed by atoms with Crippen molar-refractivity contribution in [1.82, 2.24) is 9.97 Å². The van der Waals surface area contributed by atoms with Crippen molar-refractivity contribution in [3.8, 4) is 0 Å². The molecular weight excluding hydrogens is 280 g/mol. The molecule has 1 fully saturated rings. The highest BCUT2D eigenvalue weighted by Crippen LogP contribution is 2.32. The van der Waals surface area contributed by atoms with Gasteiger partial charge in [0.05, 0.1) is 0 Å². The molecule has 5 heteroatoms. The van der Waals surface area contributed by atoms with Crippen LogP contribution in [0.4, 0.5) is 11.6 Å². The average Bonchev–Trinajstić information content (AvgIpc) is 2.23. The third kappa shape index (κ3) is 3.09. The van der Waals surface area contributed by atoms with E-state index in [4.69, 9.17) is 5.73 Å². The molecule has 2 unspecified atom stereocenters. The van der Waals surface area contributed by atoms with Gasteiger partial charge in [-0.3, -0.25) is 0 Å². The maximum Gasteiger partial charge on any atom is 0.146 e. The lowest BCUT2D eigenvalue weighted by Crippen LogP contribution is -2.30. The normalized spacial score (nSPS) is 29.0. The Hall–Kier alpha value is -0.840. The SMILES string of the molecule is CC1CC(C)CC(Nc2ncnc(N)c2Br)C1. The lowest BCUT2D eigenvalue weighted by molar-refractivity contribution is 0.280. The van der Waals surface area contributed by atoms with Crippen molar-refractivity contribution >= 4 is 27.6 Å². The average molecular weight is 299 g/mol. The first-order valence-corrected chi connectivity index (χ1v) is 6.88. The molecule has 1 aliphatic rings. The third-order valence-corrected chi connectivity index (χ3v) is 4.12. The van der Waals surface area contributed by atoms with Crippen molar-refractivity contribution in [3.63, 3.8) is 0 Å². The van der Waals surface area contributed by atoms with Crippen LogP contribution in [0.1, 0.15) is 33.1 Å². The second-order valence-corrected chi connectivity index (χ2v) is 5.97. The van der Waals surface area contributed by atoms with Crippen molar-refractivity contribution in [2.75, 3.05) is 11.1 Å². The highest BCUT2D eigenvalue weighted by molar-refractivity contribution is 9.10. The number of rotatable bonds is 2. The molecule has 0 spiro atoms. The highest BCUT2D eigenvalue weighted by atomic mass is 79.9. The van der Waals surface area contributed by atoms with Gasteiger partial charge in [0.2, 0.25) is 0 Å². The molecule has 0 aromatic carbocycles. The predicted molar refractivity (Wildman–Crippen MR) is 73.7 cm³/mol. The molecule has 0 bridgehead atoms. The molecule has 0 amide bonds. The summed E-state index contributed by atoms with van der Waals surface area (Å²) in [6.45, 7) is 4.63. The Morgan fingerprint density at radius 2 is 1.88 bits per heavy atom. The predicted octanol–water partition coefficient (Wildman–Crippen LogP) is 3.06. The Labute approximate surface area is 111 Å². The number of hydrogen-bond donors (Lipinski definition) is 2. The second kappa shape index (κ2) is 5.21. The summed E-state index contributed by atoms with van der Waals surface area (Å²) in [5.74, 6) is 2.84. The first-order valence-electron chi connectivity index (χ1n) is 6.08. The van der Waals surface area contributed by atoms with Gasteiger partial charge in [-0.05, 0) is 47.0 Å². The van der Waals surface area contributed by atoms with Crippen LogP contribution in [0, 0.1) is 11.8 Å². The number of hydrogen-bond acceptors (Lipinski definition) is 4. The number of anilines is 2. The molecule has 1 aromatic rings. The minimum atomic E-state index is 0.486. The van der Waals surface area contributed by atoms with Crippen LogP contribution in [0.2, 0.25) is 0 Å². The topological polar surface area (TPSA) is 63.8 Å². The van der Waals surface area contributed by atoms with Crippen LogP contribution in [0.15, 0.2) is 10.8 Å². The van der Waals surface area contributed by atoms with Crippen LogP contribution in [-0.4, -0.2) is 16.0 Å². The van der Waals surface area contributed by atoms with Crippen LogP contribution in [0.25, 0.3) is 0 Å². The summed E-state index contributed by atoms with van der Waals surface area (Å²) in [5, 5.41) is 3.47. The maximum atomic E-state index is 5.74.